The summed E-state index contributed by atoms with van der Waals surface area (Å²) in [6.45, 7) is 0.108. The Hall–Kier alpha value is -1.07. The van der Waals surface area contributed by atoms with E-state index in [1.807, 2.05) is 6.07 Å². The Labute approximate surface area is 80.7 Å². The van der Waals surface area contributed by atoms with Crippen LogP contribution in [-0.2, 0) is 0 Å². The molecule has 0 fully saturated rings. The Kier molecular flexibility index (Phi) is 3.72. The van der Waals surface area contributed by atoms with Gasteiger partial charge >= 0.3 is 0 Å². The van der Waals surface area contributed by atoms with Crippen LogP contribution in [0.25, 0.3) is 0 Å². The summed E-state index contributed by atoms with van der Waals surface area (Å²) in [6, 6.07) is 3.62. The summed E-state index contributed by atoms with van der Waals surface area (Å²) < 4.78 is 0. The summed E-state index contributed by atoms with van der Waals surface area (Å²) in [6.07, 6.45) is 1.60. The van der Waals surface area contributed by atoms with Crippen LogP contribution in [0.5, 0.6) is 0 Å². The second kappa shape index (κ2) is 4.84. The molecule has 5 heteroatoms. The SMILES string of the molecule is N=C(N)c1ncccc1SCCO. The van der Waals surface area contributed by atoms with E-state index in [1.165, 1.54) is 11.8 Å². The third-order valence-electron chi connectivity index (χ3n) is 1.37. The van der Waals surface area contributed by atoms with E-state index in [2.05, 4.69) is 4.98 Å². The van der Waals surface area contributed by atoms with Gasteiger partial charge in [0, 0.05) is 16.8 Å². The highest BCUT2D eigenvalue weighted by Crippen LogP contribution is 2.19. The summed E-state index contributed by atoms with van der Waals surface area (Å²) in [4.78, 5) is 4.82. The van der Waals surface area contributed by atoms with Crippen molar-refractivity contribution in [3.63, 3.8) is 0 Å². The topological polar surface area (TPSA) is 83.0 Å². The zero-order chi connectivity index (χ0) is 9.68. The van der Waals surface area contributed by atoms with Crippen LogP contribution < -0.4 is 5.73 Å². The van der Waals surface area contributed by atoms with Crippen LogP contribution in [0.15, 0.2) is 23.2 Å². The lowest BCUT2D eigenvalue weighted by molar-refractivity contribution is 0.322. The fourth-order valence-electron chi connectivity index (χ4n) is 0.865. The monoisotopic (exact) mass is 197 g/mol. The van der Waals surface area contributed by atoms with Gasteiger partial charge in [0.15, 0.2) is 0 Å². The van der Waals surface area contributed by atoms with Gasteiger partial charge in [0.05, 0.1) is 6.61 Å². The summed E-state index contributed by atoms with van der Waals surface area (Å²) in [5.74, 6) is 0.549. The number of hydrogen-bond acceptors (Lipinski definition) is 4. The molecule has 0 amide bonds. The molecule has 0 spiro atoms. The van der Waals surface area contributed by atoms with Crippen molar-refractivity contribution in [2.75, 3.05) is 12.4 Å². The molecule has 0 saturated heterocycles. The maximum absolute atomic E-state index is 8.63. The van der Waals surface area contributed by atoms with E-state index in [-0.39, 0.29) is 12.4 Å². The lowest BCUT2D eigenvalue weighted by Crippen LogP contribution is -2.14. The second-order valence-corrected chi connectivity index (χ2v) is 3.47. The number of hydrogen-bond donors (Lipinski definition) is 3. The third kappa shape index (κ3) is 2.71. The van der Waals surface area contributed by atoms with Crippen molar-refractivity contribution >= 4 is 17.6 Å². The first-order valence-corrected chi connectivity index (χ1v) is 4.77. The fraction of sp³-hybridized carbons (Fsp3) is 0.250. The maximum atomic E-state index is 8.63. The van der Waals surface area contributed by atoms with Gasteiger partial charge in [-0.3, -0.25) is 10.4 Å². The molecule has 0 saturated carbocycles. The summed E-state index contributed by atoms with van der Waals surface area (Å²) in [5, 5.41) is 15.9. The number of aliphatic hydroxyl groups excluding tert-OH is 1. The molecule has 1 aromatic heterocycles. The van der Waals surface area contributed by atoms with Crippen molar-refractivity contribution < 1.29 is 5.11 Å². The molecule has 0 aromatic carbocycles. The van der Waals surface area contributed by atoms with Gasteiger partial charge in [0.1, 0.15) is 11.5 Å². The number of nitrogen functional groups attached to an aromatic ring is 1. The Bertz CT molecular complexity index is 303. The van der Waals surface area contributed by atoms with Crippen LogP contribution in [0.3, 0.4) is 0 Å². The summed E-state index contributed by atoms with van der Waals surface area (Å²) >= 11 is 1.44. The number of nitrogens with one attached hydrogen (secondary N) is 1. The van der Waals surface area contributed by atoms with Gasteiger partial charge in [-0.1, -0.05) is 0 Å². The highest BCUT2D eigenvalue weighted by atomic mass is 32.2. The van der Waals surface area contributed by atoms with Crippen molar-refractivity contribution in [3.05, 3.63) is 24.0 Å². The maximum Gasteiger partial charge on any atom is 0.142 e. The number of amidine groups is 1. The minimum Gasteiger partial charge on any atom is -0.396 e. The van der Waals surface area contributed by atoms with E-state index in [9.17, 15) is 0 Å². The van der Waals surface area contributed by atoms with E-state index in [4.69, 9.17) is 16.2 Å². The van der Waals surface area contributed by atoms with Crippen LogP contribution in [0.1, 0.15) is 5.69 Å². The third-order valence-corrected chi connectivity index (χ3v) is 2.40. The second-order valence-electron chi connectivity index (χ2n) is 2.34. The quantitative estimate of drug-likeness (QED) is 0.372. The lowest BCUT2D eigenvalue weighted by Gasteiger charge is -2.04. The van der Waals surface area contributed by atoms with E-state index < -0.39 is 0 Å². The van der Waals surface area contributed by atoms with E-state index in [0.717, 1.165) is 4.90 Å². The van der Waals surface area contributed by atoms with E-state index >= 15 is 0 Å². The number of pyridine rings is 1. The summed E-state index contributed by atoms with van der Waals surface area (Å²) in [7, 11) is 0. The molecule has 0 unspecified atom stereocenters. The zero-order valence-electron chi connectivity index (χ0n) is 7.03. The molecule has 70 valence electrons. The first-order valence-electron chi connectivity index (χ1n) is 3.78. The normalized spacial score (nSPS) is 9.92. The van der Waals surface area contributed by atoms with Crippen molar-refractivity contribution in [1.82, 2.24) is 4.98 Å². The number of nitrogens with zero attached hydrogens (tertiary/aromatic N) is 1. The van der Waals surface area contributed by atoms with Crippen LogP contribution in [-0.4, -0.2) is 28.3 Å². The fourth-order valence-corrected chi connectivity index (χ4v) is 1.65. The van der Waals surface area contributed by atoms with E-state index in [1.54, 1.807) is 12.3 Å². The average molecular weight is 197 g/mol. The summed E-state index contributed by atoms with van der Waals surface area (Å²) in [5.41, 5.74) is 5.82. The molecule has 0 aliphatic rings. The highest BCUT2D eigenvalue weighted by Gasteiger charge is 2.05. The number of aliphatic hydroxyl groups is 1. The molecule has 1 aromatic rings. The van der Waals surface area contributed by atoms with Crippen LogP contribution >= 0.6 is 11.8 Å². The largest absolute Gasteiger partial charge is 0.396 e. The predicted octanol–water partition coefficient (Wildman–Crippen LogP) is 0.450. The Morgan fingerprint density at radius 2 is 2.46 bits per heavy atom. The first-order chi connectivity index (χ1) is 6.25. The lowest BCUT2D eigenvalue weighted by atomic mass is 10.3. The standard InChI is InChI=1S/C8H11N3OS/c9-8(10)7-6(13-5-4-12)2-1-3-11-7/h1-3,12H,4-5H2,(H3,9,10). The molecule has 1 rings (SSSR count). The van der Waals surface area contributed by atoms with Gasteiger partial charge in [-0.25, -0.2) is 0 Å². The Balaban J connectivity index is 2.84. The molecule has 4 N–H and O–H groups in total. The van der Waals surface area contributed by atoms with Gasteiger partial charge in [-0.05, 0) is 12.1 Å². The minimum atomic E-state index is -0.0407. The molecule has 13 heavy (non-hydrogen) atoms. The number of rotatable bonds is 4. The van der Waals surface area contributed by atoms with Crippen LogP contribution in [0.4, 0.5) is 0 Å². The van der Waals surface area contributed by atoms with Gasteiger partial charge in [-0.2, -0.15) is 0 Å². The van der Waals surface area contributed by atoms with Crippen molar-refractivity contribution in [1.29, 1.82) is 5.41 Å². The molecule has 0 atom stereocenters. The molecular formula is C8H11N3OS. The van der Waals surface area contributed by atoms with Crippen LogP contribution in [0, 0.1) is 5.41 Å². The molecule has 0 aliphatic heterocycles. The molecular weight excluding hydrogens is 186 g/mol. The minimum absolute atomic E-state index is 0.0407. The number of nitrogens with two attached hydrogens (primary N) is 1. The number of aromatic nitrogens is 1. The first kappa shape index (κ1) is 10.0. The van der Waals surface area contributed by atoms with E-state index in [0.29, 0.717) is 11.4 Å². The van der Waals surface area contributed by atoms with Gasteiger partial charge in [-0.15, -0.1) is 11.8 Å². The van der Waals surface area contributed by atoms with Crippen molar-refractivity contribution in [3.8, 4) is 0 Å². The van der Waals surface area contributed by atoms with Crippen molar-refractivity contribution in [2.45, 2.75) is 4.90 Å². The Morgan fingerprint density at radius 3 is 3.08 bits per heavy atom. The molecule has 4 nitrogen and oxygen atoms in total. The Morgan fingerprint density at radius 1 is 1.69 bits per heavy atom. The van der Waals surface area contributed by atoms with Gasteiger partial charge < -0.3 is 10.8 Å². The zero-order valence-corrected chi connectivity index (χ0v) is 7.84. The molecule has 0 radical (unpaired) electrons. The van der Waals surface area contributed by atoms with Crippen molar-refractivity contribution in [2.24, 2.45) is 5.73 Å². The van der Waals surface area contributed by atoms with Crippen LogP contribution in [0.2, 0.25) is 0 Å². The smallest absolute Gasteiger partial charge is 0.142 e. The number of thioether (sulfide) groups is 1. The average Bonchev–Trinajstić information content (AvgIpc) is 2.15. The highest BCUT2D eigenvalue weighted by molar-refractivity contribution is 7.99. The predicted molar refractivity (Wildman–Crippen MR) is 53.1 cm³/mol. The molecule has 0 bridgehead atoms. The van der Waals surface area contributed by atoms with Gasteiger partial charge in [0.2, 0.25) is 0 Å². The molecule has 0 aliphatic carbocycles. The van der Waals surface area contributed by atoms with Gasteiger partial charge in [0.25, 0.3) is 0 Å². The molecule has 1 heterocycles.